The van der Waals surface area contributed by atoms with Crippen LogP contribution in [0.5, 0.6) is 0 Å². The molecule has 1 aliphatic rings. The normalized spacial score (nSPS) is 20.2. The number of benzene rings is 1. The average Bonchev–Trinajstić information content (AvgIpc) is 2.89. The Balaban J connectivity index is 2.03. The first kappa shape index (κ1) is 16.0. The molecule has 0 aliphatic carbocycles. The molecule has 5 heteroatoms. The van der Waals surface area contributed by atoms with E-state index in [4.69, 9.17) is 23.2 Å². The number of nitrogens with zero attached hydrogens (tertiary/aromatic N) is 1. The van der Waals surface area contributed by atoms with E-state index in [0.29, 0.717) is 16.0 Å². The summed E-state index contributed by atoms with van der Waals surface area (Å²) in [6.07, 6.45) is 3.23. The van der Waals surface area contributed by atoms with Crippen molar-refractivity contribution < 1.29 is 4.79 Å². The molecule has 1 aromatic carbocycles. The molecule has 0 unspecified atom stereocenters. The smallest absolute Gasteiger partial charge is 0.229 e. The van der Waals surface area contributed by atoms with Crippen LogP contribution >= 0.6 is 35.0 Å². The molecular formula is C15H19Cl2NOS. The SMILES string of the molecule is CSC[C@@H]1CCN(C(=O)[C@@H](C)c2ccc(Cl)c(Cl)c2)C1. The molecule has 2 nitrogen and oxygen atoms in total. The number of carbonyl (C=O) groups excluding carboxylic acids is 1. The Labute approximate surface area is 134 Å². The number of hydrogen-bond acceptors (Lipinski definition) is 2. The summed E-state index contributed by atoms with van der Waals surface area (Å²) < 4.78 is 0. The summed E-state index contributed by atoms with van der Waals surface area (Å²) in [6, 6.07) is 5.43. The van der Waals surface area contributed by atoms with Gasteiger partial charge in [-0.1, -0.05) is 29.3 Å². The average molecular weight is 332 g/mol. The summed E-state index contributed by atoms with van der Waals surface area (Å²) in [5.41, 5.74) is 0.928. The Morgan fingerprint density at radius 1 is 1.45 bits per heavy atom. The Morgan fingerprint density at radius 3 is 2.85 bits per heavy atom. The lowest BCUT2D eigenvalue weighted by molar-refractivity contribution is -0.131. The van der Waals surface area contributed by atoms with Crippen LogP contribution in [0, 0.1) is 5.92 Å². The van der Waals surface area contributed by atoms with Crippen LogP contribution in [-0.2, 0) is 4.79 Å². The Hall–Kier alpha value is -0.380. The van der Waals surface area contributed by atoms with Crippen LogP contribution < -0.4 is 0 Å². The number of carbonyl (C=O) groups is 1. The van der Waals surface area contributed by atoms with Crippen molar-refractivity contribution in [1.29, 1.82) is 0 Å². The summed E-state index contributed by atoms with van der Waals surface area (Å²) >= 11 is 13.8. The lowest BCUT2D eigenvalue weighted by Crippen LogP contribution is -2.32. The van der Waals surface area contributed by atoms with Gasteiger partial charge in [-0.2, -0.15) is 11.8 Å². The summed E-state index contributed by atoms with van der Waals surface area (Å²) in [4.78, 5) is 14.5. The van der Waals surface area contributed by atoms with Crippen molar-refractivity contribution in [2.75, 3.05) is 25.1 Å². The van der Waals surface area contributed by atoms with Crippen LogP contribution in [0.1, 0.15) is 24.8 Å². The lowest BCUT2D eigenvalue weighted by Gasteiger charge is -2.21. The van der Waals surface area contributed by atoms with Gasteiger partial charge in [-0.3, -0.25) is 4.79 Å². The highest BCUT2D eigenvalue weighted by molar-refractivity contribution is 7.98. The van der Waals surface area contributed by atoms with E-state index in [1.807, 2.05) is 29.7 Å². The lowest BCUT2D eigenvalue weighted by atomic mass is 10.00. The second-order valence-electron chi connectivity index (χ2n) is 5.29. The van der Waals surface area contributed by atoms with Crippen LogP contribution in [0.15, 0.2) is 18.2 Å². The molecule has 1 heterocycles. The van der Waals surface area contributed by atoms with E-state index in [1.54, 1.807) is 12.1 Å². The van der Waals surface area contributed by atoms with Crippen molar-refractivity contribution >= 4 is 40.9 Å². The maximum Gasteiger partial charge on any atom is 0.229 e. The van der Waals surface area contributed by atoms with Crippen molar-refractivity contribution in [1.82, 2.24) is 4.90 Å². The summed E-state index contributed by atoms with van der Waals surface area (Å²) in [7, 11) is 0. The number of halogens is 2. The van der Waals surface area contributed by atoms with Crippen molar-refractivity contribution in [2.45, 2.75) is 19.3 Å². The third kappa shape index (κ3) is 3.63. The van der Waals surface area contributed by atoms with Gasteiger partial charge in [0, 0.05) is 13.1 Å². The Kier molecular flexibility index (Phi) is 5.65. The molecule has 0 radical (unpaired) electrons. The predicted molar refractivity (Wildman–Crippen MR) is 87.9 cm³/mol. The molecule has 1 fully saturated rings. The topological polar surface area (TPSA) is 20.3 Å². The van der Waals surface area contributed by atoms with E-state index in [1.165, 1.54) is 0 Å². The van der Waals surface area contributed by atoms with Crippen molar-refractivity contribution in [3.63, 3.8) is 0 Å². The number of amides is 1. The minimum atomic E-state index is -0.169. The highest BCUT2D eigenvalue weighted by atomic mass is 35.5. The van der Waals surface area contributed by atoms with Gasteiger partial charge in [0.05, 0.1) is 16.0 Å². The molecule has 110 valence electrons. The van der Waals surface area contributed by atoms with E-state index < -0.39 is 0 Å². The van der Waals surface area contributed by atoms with Crippen LogP contribution in [0.2, 0.25) is 10.0 Å². The second-order valence-corrected chi connectivity index (χ2v) is 7.01. The van der Waals surface area contributed by atoms with E-state index in [9.17, 15) is 4.79 Å². The van der Waals surface area contributed by atoms with E-state index in [2.05, 4.69) is 6.26 Å². The largest absolute Gasteiger partial charge is 0.342 e. The zero-order valence-electron chi connectivity index (χ0n) is 11.7. The van der Waals surface area contributed by atoms with Crippen LogP contribution in [0.25, 0.3) is 0 Å². The molecule has 1 aromatic rings. The molecule has 2 atom stereocenters. The van der Waals surface area contributed by atoms with Gasteiger partial charge in [-0.25, -0.2) is 0 Å². The van der Waals surface area contributed by atoms with E-state index in [-0.39, 0.29) is 11.8 Å². The summed E-state index contributed by atoms with van der Waals surface area (Å²) in [5.74, 6) is 1.78. The molecule has 1 aliphatic heterocycles. The minimum absolute atomic E-state index is 0.169. The zero-order chi connectivity index (χ0) is 14.7. The molecule has 0 spiro atoms. The van der Waals surface area contributed by atoms with Crippen molar-refractivity contribution in [3.05, 3.63) is 33.8 Å². The molecule has 1 amide bonds. The van der Waals surface area contributed by atoms with Gasteiger partial charge in [0.2, 0.25) is 5.91 Å². The molecule has 0 N–H and O–H groups in total. The third-order valence-electron chi connectivity index (χ3n) is 3.81. The maximum atomic E-state index is 12.5. The fraction of sp³-hybridized carbons (Fsp3) is 0.533. The van der Waals surface area contributed by atoms with Gasteiger partial charge in [-0.15, -0.1) is 0 Å². The molecule has 2 rings (SSSR count). The molecular weight excluding hydrogens is 313 g/mol. The number of thioether (sulfide) groups is 1. The standard InChI is InChI=1S/C15H19Cl2NOS/c1-10(12-3-4-13(16)14(17)7-12)15(19)18-6-5-11(8-18)9-20-2/h3-4,7,10-11H,5-6,8-9H2,1-2H3/t10-,11+/m0/s1. The maximum absolute atomic E-state index is 12.5. The van der Waals surface area contributed by atoms with Gasteiger partial charge in [0.15, 0.2) is 0 Å². The first-order valence-corrected chi connectivity index (χ1v) is 8.90. The number of hydrogen-bond donors (Lipinski definition) is 0. The van der Waals surface area contributed by atoms with Gasteiger partial charge in [-0.05, 0) is 49.0 Å². The summed E-state index contributed by atoms with van der Waals surface area (Å²) in [5, 5.41) is 1.03. The van der Waals surface area contributed by atoms with Gasteiger partial charge >= 0.3 is 0 Å². The van der Waals surface area contributed by atoms with Crippen LogP contribution in [-0.4, -0.2) is 35.9 Å². The highest BCUT2D eigenvalue weighted by Crippen LogP contribution is 2.29. The van der Waals surface area contributed by atoms with Gasteiger partial charge < -0.3 is 4.90 Å². The fourth-order valence-electron chi connectivity index (χ4n) is 2.60. The minimum Gasteiger partial charge on any atom is -0.342 e. The second kappa shape index (κ2) is 7.06. The van der Waals surface area contributed by atoms with E-state index in [0.717, 1.165) is 30.8 Å². The highest BCUT2D eigenvalue weighted by Gasteiger charge is 2.29. The van der Waals surface area contributed by atoms with E-state index >= 15 is 0 Å². The molecule has 0 aromatic heterocycles. The number of rotatable bonds is 4. The monoisotopic (exact) mass is 331 g/mol. The number of likely N-dealkylation sites (tertiary alicyclic amines) is 1. The quantitative estimate of drug-likeness (QED) is 0.819. The first-order chi connectivity index (χ1) is 9.52. The van der Waals surface area contributed by atoms with Crippen LogP contribution in [0.4, 0.5) is 0 Å². The molecule has 1 saturated heterocycles. The molecule has 20 heavy (non-hydrogen) atoms. The Bertz CT molecular complexity index is 495. The predicted octanol–water partition coefficient (Wildman–Crippen LogP) is 4.31. The fourth-order valence-corrected chi connectivity index (χ4v) is 3.65. The third-order valence-corrected chi connectivity index (χ3v) is 5.36. The van der Waals surface area contributed by atoms with Gasteiger partial charge in [0.25, 0.3) is 0 Å². The van der Waals surface area contributed by atoms with Crippen molar-refractivity contribution in [2.24, 2.45) is 5.92 Å². The first-order valence-electron chi connectivity index (χ1n) is 6.75. The Morgan fingerprint density at radius 2 is 2.20 bits per heavy atom. The molecule has 0 bridgehead atoms. The van der Waals surface area contributed by atoms with Crippen LogP contribution in [0.3, 0.4) is 0 Å². The zero-order valence-corrected chi connectivity index (χ0v) is 14.1. The van der Waals surface area contributed by atoms with Gasteiger partial charge in [0.1, 0.15) is 0 Å². The van der Waals surface area contributed by atoms with Crippen molar-refractivity contribution in [3.8, 4) is 0 Å². The summed E-state index contributed by atoms with van der Waals surface area (Å²) in [6.45, 7) is 3.69. The molecule has 0 saturated carbocycles.